The van der Waals surface area contributed by atoms with Gasteiger partial charge in [0.05, 0.1) is 0 Å². The quantitative estimate of drug-likeness (QED) is 0.620. The third kappa shape index (κ3) is 6.29. The Hall–Kier alpha value is -1.18. The Balaban J connectivity index is 2.84. The molecule has 1 aromatic carbocycles. The van der Waals surface area contributed by atoms with Crippen LogP contribution < -0.4 is 9.46 Å². The number of hydrogen-bond acceptors (Lipinski definition) is 4. The van der Waals surface area contributed by atoms with E-state index in [1.54, 1.807) is 51.1 Å². The normalized spacial score (nSPS) is 11.7. The Bertz CT molecular complexity index is 532. The Kier molecular flexibility index (Phi) is 6.34. The lowest BCUT2D eigenvalue weighted by atomic mass is 10.1. The molecule has 3 amide bonds. The van der Waals surface area contributed by atoms with E-state index < -0.39 is 21.6 Å². The molecule has 0 saturated carbocycles. The first-order chi connectivity index (χ1) is 10.0. The van der Waals surface area contributed by atoms with Crippen LogP contribution in [-0.4, -0.2) is 26.5 Å². The summed E-state index contributed by atoms with van der Waals surface area (Å²) in [5, 5.41) is 0. The molecule has 122 valence electrons. The monoisotopic (exact) mass is 368 g/mol. The van der Waals surface area contributed by atoms with Crippen LogP contribution in [0.1, 0.15) is 20.8 Å². The summed E-state index contributed by atoms with van der Waals surface area (Å²) in [7, 11) is 0. The SMILES string of the molecule is CC(C)(C)N(C(=O)NSC(F)(Cl)Cl)C(=O)Oc1ccccc1. The van der Waals surface area contributed by atoms with E-state index in [1.807, 2.05) is 0 Å². The fraction of sp³-hybridized carbons (Fsp3) is 0.385. The van der Waals surface area contributed by atoms with Crippen molar-refractivity contribution in [2.24, 2.45) is 0 Å². The maximum absolute atomic E-state index is 13.0. The molecule has 22 heavy (non-hydrogen) atoms. The van der Waals surface area contributed by atoms with Crippen LogP contribution in [0.2, 0.25) is 0 Å². The highest BCUT2D eigenvalue weighted by molar-refractivity contribution is 8.01. The number of imide groups is 1. The van der Waals surface area contributed by atoms with E-state index in [0.717, 1.165) is 4.90 Å². The first-order valence-electron chi connectivity index (χ1n) is 6.12. The van der Waals surface area contributed by atoms with Crippen molar-refractivity contribution in [3.05, 3.63) is 30.3 Å². The molecule has 0 aliphatic heterocycles. The number of alkyl halides is 3. The largest absolute Gasteiger partial charge is 0.423 e. The van der Waals surface area contributed by atoms with Crippen LogP contribution >= 0.6 is 35.1 Å². The molecule has 0 atom stereocenters. The summed E-state index contributed by atoms with van der Waals surface area (Å²) in [4.78, 5) is 25.1. The second-order valence-electron chi connectivity index (χ2n) is 5.14. The van der Waals surface area contributed by atoms with Crippen molar-refractivity contribution < 1.29 is 18.7 Å². The molecule has 0 heterocycles. The summed E-state index contributed by atoms with van der Waals surface area (Å²) >= 11 is 10.4. The Labute approximate surface area is 142 Å². The Morgan fingerprint density at radius 1 is 1.23 bits per heavy atom. The highest BCUT2D eigenvalue weighted by Gasteiger charge is 2.36. The average molecular weight is 369 g/mol. The zero-order valence-electron chi connectivity index (χ0n) is 12.1. The van der Waals surface area contributed by atoms with Gasteiger partial charge in [-0.15, -0.1) is 0 Å². The first kappa shape index (κ1) is 18.9. The van der Waals surface area contributed by atoms with Crippen molar-refractivity contribution in [1.29, 1.82) is 0 Å². The molecule has 0 aromatic heterocycles. The van der Waals surface area contributed by atoms with Crippen LogP contribution in [0.5, 0.6) is 5.75 Å². The number of nitrogens with one attached hydrogen (secondary N) is 1. The van der Waals surface area contributed by atoms with Gasteiger partial charge in [-0.3, -0.25) is 4.72 Å². The predicted octanol–water partition coefficient (Wildman–Crippen LogP) is 4.70. The highest BCUT2D eigenvalue weighted by Crippen LogP contribution is 2.34. The molecule has 0 bridgehead atoms. The van der Waals surface area contributed by atoms with Gasteiger partial charge in [0, 0.05) is 17.5 Å². The van der Waals surface area contributed by atoms with Gasteiger partial charge in [-0.2, -0.15) is 4.39 Å². The molecule has 9 heteroatoms. The van der Waals surface area contributed by atoms with E-state index in [9.17, 15) is 14.0 Å². The summed E-state index contributed by atoms with van der Waals surface area (Å²) in [6.45, 7) is 4.86. The van der Waals surface area contributed by atoms with Crippen molar-refractivity contribution in [1.82, 2.24) is 9.62 Å². The third-order valence-corrected chi connectivity index (χ3v) is 3.23. The molecule has 1 aromatic rings. The van der Waals surface area contributed by atoms with E-state index >= 15 is 0 Å². The van der Waals surface area contributed by atoms with Gasteiger partial charge < -0.3 is 4.74 Å². The molecule has 1 N–H and O–H groups in total. The van der Waals surface area contributed by atoms with Crippen LogP contribution in [-0.2, 0) is 0 Å². The molecule has 1 rings (SSSR count). The average Bonchev–Trinajstić information content (AvgIpc) is 2.35. The summed E-state index contributed by atoms with van der Waals surface area (Å²) in [6.07, 6.45) is -0.912. The minimum absolute atomic E-state index is 0.125. The van der Waals surface area contributed by atoms with Crippen molar-refractivity contribution in [2.75, 3.05) is 0 Å². The summed E-state index contributed by atoms with van der Waals surface area (Å²) in [5.41, 5.74) is -0.909. The van der Waals surface area contributed by atoms with Crippen LogP contribution in [0, 0.1) is 0 Å². The summed E-state index contributed by atoms with van der Waals surface area (Å²) in [5.74, 6) is 0.275. The molecule has 0 aliphatic carbocycles. The molecular weight excluding hydrogens is 354 g/mol. The molecule has 0 radical (unpaired) electrons. The standard InChI is InChI=1S/C13H15Cl2FN2O3S/c1-12(2,3)18(10(19)17-22-13(14,15)16)11(20)21-9-7-5-4-6-8-9/h4-8H,1-3H3,(H,17,19). The molecule has 0 saturated heterocycles. The van der Waals surface area contributed by atoms with E-state index in [1.165, 1.54) is 0 Å². The van der Waals surface area contributed by atoms with Gasteiger partial charge in [0.2, 0.25) is 0 Å². The summed E-state index contributed by atoms with van der Waals surface area (Å²) in [6, 6.07) is 7.34. The minimum atomic E-state index is -2.71. The van der Waals surface area contributed by atoms with E-state index in [2.05, 4.69) is 4.72 Å². The van der Waals surface area contributed by atoms with E-state index in [-0.39, 0.29) is 17.7 Å². The lowest BCUT2D eigenvalue weighted by Crippen LogP contribution is -2.53. The number of para-hydroxylation sites is 1. The Morgan fingerprint density at radius 2 is 1.77 bits per heavy atom. The third-order valence-electron chi connectivity index (χ3n) is 2.26. The zero-order chi connectivity index (χ0) is 17.0. The number of carbonyl (C=O) groups excluding carboxylic acids is 2. The predicted molar refractivity (Wildman–Crippen MR) is 85.7 cm³/mol. The number of nitrogens with zero attached hydrogens (tertiary/aromatic N) is 1. The number of hydrogen-bond donors (Lipinski definition) is 1. The fourth-order valence-electron chi connectivity index (χ4n) is 1.44. The number of rotatable bonds is 3. The van der Waals surface area contributed by atoms with Crippen LogP contribution in [0.3, 0.4) is 0 Å². The second-order valence-corrected chi connectivity index (χ2v) is 7.80. The van der Waals surface area contributed by atoms with Crippen molar-refractivity contribution in [3.8, 4) is 5.75 Å². The molecular formula is C13H15Cl2FN2O3S. The Morgan fingerprint density at radius 3 is 2.23 bits per heavy atom. The topological polar surface area (TPSA) is 58.6 Å². The van der Waals surface area contributed by atoms with Gasteiger partial charge in [-0.05, 0) is 32.9 Å². The molecule has 5 nitrogen and oxygen atoms in total. The van der Waals surface area contributed by atoms with Gasteiger partial charge in [0.1, 0.15) is 5.75 Å². The molecule has 0 spiro atoms. The molecule has 0 aliphatic rings. The van der Waals surface area contributed by atoms with Gasteiger partial charge in [0.25, 0.3) is 0 Å². The smallest absolute Gasteiger partial charge is 0.410 e. The van der Waals surface area contributed by atoms with Gasteiger partial charge >= 0.3 is 16.0 Å². The highest BCUT2D eigenvalue weighted by atomic mass is 35.5. The maximum atomic E-state index is 13.0. The number of urea groups is 1. The van der Waals surface area contributed by atoms with E-state index in [4.69, 9.17) is 27.9 Å². The minimum Gasteiger partial charge on any atom is -0.410 e. The van der Waals surface area contributed by atoms with Gasteiger partial charge in [0.15, 0.2) is 0 Å². The second kappa shape index (κ2) is 7.39. The number of amides is 3. The number of carbonyl (C=O) groups is 2. The van der Waals surface area contributed by atoms with Crippen LogP contribution in [0.25, 0.3) is 0 Å². The number of benzene rings is 1. The fourth-order valence-corrected chi connectivity index (χ4v) is 1.97. The maximum Gasteiger partial charge on any atom is 0.423 e. The van der Waals surface area contributed by atoms with Crippen LogP contribution in [0.15, 0.2) is 30.3 Å². The lowest BCUT2D eigenvalue weighted by Gasteiger charge is -2.32. The zero-order valence-corrected chi connectivity index (χ0v) is 14.4. The number of ether oxygens (including phenoxy) is 1. The lowest BCUT2D eigenvalue weighted by molar-refractivity contribution is 0.122. The summed E-state index contributed by atoms with van der Waals surface area (Å²) < 4.78 is 17.5. The van der Waals surface area contributed by atoms with Crippen molar-refractivity contribution >= 4 is 47.3 Å². The van der Waals surface area contributed by atoms with Gasteiger partial charge in [-0.1, -0.05) is 41.4 Å². The van der Waals surface area contributed by atoms with E-state index in [0.29, 0.717) is 0 Å². The van der Waals surface area contributed by atoms with Crippen molar-refractivity contribution in [2.45, 2.75) is 30.2 Å². The molecule has 0 fully saturated rings. The van der Waals surface area contributed by atoms with Gasteiger partial charge in [-0.25, -0.2) is 14.5 Å². The molecule has 0 unspecified atom stereocenters. The van der Waals surface area contributed by atoms with Crippen LogP contribution in [0.4, 0.5) is 14.0 Å². The first-order valence-corrected chi connectivity index (χ1v) is 7.70. The number of halogens is 3. The van der Waals surface area contributed by atoms with Crippen molar-refractivity contribution in [3.63, 3.8) is 0 Å².